The summed E-state index contributed by atoms with van der Waals surface area (Å²) in [6.45, 7) is 1.87. The zero-order valence-corrected chi connectivity index (χ0v) is 19.5. The highest BCUT2D eigenvalue weighted by molar-refractivity contribution is 6.35. The Morgan fingerprint density at radius 1 is 0.727 bits per heavy atom. The number of carbonyl (C=O) groups excluding carboxylic acids is 2. The van der Waals surface area contributed by atoms with Crippen LogP contribution >= 0.6 is 0 Å². The molecule has 1 aliphatic rings. The fourth-order valence-corrected chi connectivity index (χ4v) is 3.67. The minimum absolute atomic E-state index is 0.160. The Bertz CT molecular complexity index is 977. The van der Waals surface area contributed by atoms with Gasteiger partial charge >= 0.3 is 0 Å². The van der Waals surface area contributed by atoms with Crippen LogP contribution < -0.4 is 9.47 Å². The average Bonchev–Trinajstić information content (AvgIpc) is 3.09. The first-order valence-corrected chi connectivity index (χ1v) is 10.6. The molecule has 0 N–H and O–H groups in total. The van der Waals surface area contributed by atoms with E-state index in [1.54, 1.807) is 52.7 Å². The molecular formula is C25H30N2O6. The molecule has 0 atom stereocenters. The molecule has 1 aliphatic heterocycles. The van der Waals surface area contributed by atoms with Gasteiger partial charge in [-0.3, -0.25) is 14.5 Å². The number of rotatable bonds is 12. The van der Waals surface area contributed by atoms with Crippen LogP contribution in [-0.4, -0.2) is 76.4 Å². The highest BCUT2D eigenvalue weighted by atomic mass is 16.5. The van der Waals surface area contributed by atoms with Gasteiger partial charge in [-0.2, -0.15) is 0 Å². The number of hydrogen-bond acceptors (Lipinski definition) is 7. The Labute approximate surface area is 194 Å². The van der Waals surface area contributed by atoms with E-state index in [9.17, 15) is 9.59 Å². The Balaban J connectivity index is 2.00. The number of hydrogen-bond donors (Lipinski definition) is 0. The van der Waals surface area contributed by atoms with Crippen LogP contribution in [0.15, 0.2) is 54.2 Å². The maximum absolute atomic E-state index is 13.6. The van der Waals surface area contributed by atoms with Gasteiger partial charge in [-0.1, -0.05) is 24.3 Å². The van der Waals surface area contributed by atoms with Crippen LogP contribution in [-0.2, 0) is 25.6 Å². The van der Waals surface area contributed by atoms with Crippen molar-refractivity contribution in [2.75, 3.05) is 54.7 Å². The first-order chi connectivity index (χ1) is 16.0. The molecule has 1 heterocycles. The van der Waals surface area contributed by atoms with Crippen molar-refractivity contribution < 1.29 is 28.5 Å². The van der Waals surface area contributed by atoms with E-state index < -0.39 is 0 Å². The summed E-state index contributed by atoms with van der Waals surface area (Å²) in [7, 11) is 6.38. The number of nitrogens with zero attached hydrogens (tertiary/aromatic N) is 2. The molecule has 2 amide bonds. The molecule has 0 spiro atoms. The van der Waals surface area contributed by atoms with Crippen LogP contribution in [0.2, 0.25) is 0 Å². The predicted molar refractivity (Wildman–Crippen MR) is 124 cm³/mol. The first kappa shape index (κ1) is 24.3. The van der Waals surface area contributed by atoms with E-state index in [1.165, 1.54) is 4.90 Å². The van der Waals surface area contributed by atoms with Crippen LogP contribution in [0.4, 0.5) is 0 Å². The summed E-state index contributed by atoms with van der Waals surface area (Å²) >= 11 is 0. The van der Waals surface area contributed by atoms with E-state index >= 15 is 0 Å². The lowest BCUT2D eigenvalue weighted by atomic mass is 10.0. The van der Waals surface area contributed by atoms with Crippen molar-refractivity contribution in [3.8, 4) is 11.5 Å². The molecule has 2 aromatic rings. The minimum Gasteiger partial charge on any atom is -0.497 e. The van der Waals surface area contributed by atoms with Crippen molar-refractivity contribution in [3.05, 3.63) is 65.4 Å². The summed E-state index contributed by atoms with van der Waals surface area (Å²) in [5.74, 6) is 0.703. The van der Waals surface area contributed by atoms with Crippen molar-refractivity contribution in [2.45, 2.75) is 6.54 Å². The van der Waals surface area contributed by atoms with Crippen molar-refractivity contribution in [1.29, 1.82) is 0 Å². The van der Waals surface area contributed by atoms with E-state index in [2.05, 4.69) is 0 Å². The van der Waals surface area contributed by atoms with Crippen LogP contribution in [0.1, 0.15) is 11.1 Å². The monoisotopic (exact) mass is 454 g/mol. The van der Waals surface area contributed by atoms with Crippen molar-refractivity contribution >= 4 is 17.4 Å². The molecule has 0 bridgehead atoms. The van der Waals surface area contributed by atoms with Gasteiger partial charge in [0, 0.05) is 27.3 Å². The number of benzene rings is 2. The van der Waals surface area contributed by atoms with Crippen LogP contribution in [0.25, 0.3) is 5.57 Å². The van der Waals surface area contributed by atoms with E-state index in [1.807, 2.05) is 29.2 Å². The molecule has 0 saturated carbocycles. The zero-order chi connectivity index (χ0) is 23.8. The van der Waals surface area contributed by atoms with E-state index in [4.69, 9.17) is 18.9 Å². The SMILES string of the molecule is COCCN(CCOC)C1=C(c2ccc(OC)cc2)C(=O)N(Cc2ccc(OC)cc2)C1=O. The second-order valence-corrected chi connectivity index (χ2v) is 7.47. The molecule has 2 aromatic carbocycles. The number of ether oxygens (including phenoxy) is 4. The fraction of sp³-hybridized carbons (Fsp3) is 0.360. The standard InChI is InChI=1S/C25H30N2O6/c1-30-15-13-26(14-16-31-2)23-22(19-7-11-21(33-4)12-8-19)24(28)27(25(23)29)17-18-5-9-20(32-3)10-6-18/h5-12H,13-17H2,1-4H3. The molecule has 0 fully saturated rings. The van der Waals surface area contributed by atoms with Crippen molar-refractivity contribution in [2.24, 2.45) is 0 Å². The van der Waals surface area contributed by atoms with Gasteiger partial charge in [0.05, 0.1) is 39.6 Å². The second-order valence-electron chi connectivity index (χ2n) is 7.47. The van der Waals surface area contributed by atoms with Crippen LogP contribution in [0.3, 0.4) is 0 Å². The summed E-state index contributed by atoms with van der Waals surface area (Å²) in [6.07, 6.45) is 0. The normalized spacial score (nSPS) is 13.6. The molecule has 8 heteroatoms. The van der Waals surface area contributed by atoms with Gasteiger partial charge in [0.1, 0.15) is 17.2 Å². The Morgan fingerprint density at radius 2 is 1.24 bits per heavy atom. The Morgan fingerprint density at radius 3 is 1.73 bits per heavy atom. The lowest BCUT2D eigenvalue weighted by Crippen LogP contribution is -2.37. The fourth-order valence-electron chi connectivity index (χ4n) is 3.67. The van der Waals surface area contributed by atoms with Gasteiger partial charge in [0.2, 0.25) is 0 Å². The lowest BCUT2D eigenvalue weighted by molar-refractivity contribution is -0.138. The Hall–Kier alpha value is -3.36. The van der Waals surface area contributed by atoms with Crippen molar-refractivity contribution in [1.82, 2.24) is 9.80 Å². The highest BCUT2D eigenvalue weighted by Gasteiger charge is 2.41. The summed E-state index contributed by atoms with van der Waals surface area (Å²) in [4.78, 5) is 30.3. The molecule has 0 aromatic heterocycles. The Kier molecular flexibility index (Phi) is 8.46. The van der Waals surface area contributed by atoms with Gasteiger partial charge < -0.3 is 23.8 Å². The average molecular weight is 455 g/mol. The van der Waals surface area contributed by atoms with E-state index in [-0.39, 0.29) is 18.4 Å². The van der Waals surface area contributed by atoms with Crippen LogP contribution in [0.5, 0.6) is 11.5 Å². The summed E-state index contributed by atoms with van der Waals surface area (Å²) in [6, 6.07) is 14.4. The number of methoxy groups -OCH3 is 4. The van der Waals surface area contributed by atoms with Gasteiger partial charge in [-0.25, -0.2) is 0 Å². The predicted octanol–water partition coefficient (Wildman–Crippen LogP) is 2.58. The summed E-state index contributed by atoms with van der Waals surface area (Å²) < 4.78 is 20.9. The quantitative estimate of drug-likeness (QED) is 0.456. The van der Waals surface area contributed by atoms with Gasteiger partial charge in [0.25, 0.3) is 11.8 Å². The van der Waals surface area contributed by atoms with Gasteiger partial charge in [0.15, 0.2) is 0 Å². The molecule has 3 rings (SSSR count). The van der Waals surface area contributed by atoms with Gasteiger partial charge in [-0.05, 0) is 35.4 Å². The molecule has 0 unspecified atom stereocenters. The highest BCUT2D eigenvalue weighted by Crippen LogP contribution is 2.33. The zero-order valence-electron chi connectivity index (χ0n) is 19.5. The molecule has 0 aliphatic carbocycles. The van der Waals surface area contributed by atoms with Crippen molar-refractivity contribution in [3.63, 3.8) is 0 Å². The molecule has 176 valence electrons. The topological polar surface area (TPSA) is 77.5 Å². The first-order valence-electron chi connectivity index (χ1n) is 10.6. The molecular weight excluding hydrogens is 424 g/mol. The number of amides is 2. The number of carbonyl (C=O) groups is 2. The molecule has 0 saturated heterocycles. The molecule has 33 heavy (non-hydrogen) atoms. The second kappa shape index (κ2) is 11.5. The third-order valence-electron chi connectivity index (χ3n) is 5.47. The van der Waals surface area contributed by atoms with Gasteiger partial charge in [-0.15, -0.1) is 0 Å². The minimum atomic E-state index is -0.339. The summed E-state index contributed by atoms with van der Waals surface area (Å²) in [5.41, 5.74) is 2.20. The smallest absolute Gasteiger partial charge is 0.278 e. The number of imide groups is 1. The maximum atomic E-state index is 13.6. The van der Waals surface area contributed by atoms with E-state index in [0.29, 0.717) is 54.6 Å². The third-order valence-corrected chi connectivity index (χ3v) is 5.47. The van der Waals surface area contributed by atoms with Crippen LogP contribution in [0, 0.1) is 0 Å². The lowest BCUT2D eigenvalue weighted by Gasteiger charge is -2.25. The maximum Gasteiger partial charge on any atom is 0.278 e. The summed E-state index contributed by atoms with van der Waals surface area (Å²) in [5, 5.41) is 0. The molecule has 8 nitrogen and oxygen atoms in total. The third kappa shape index (κ3) is 5.53. The van der Waals surface area contributed by atoms with E-state index in [0.717, 1.165) is 5.56 Å². The molecule has 0 radical (unpaired) electrons. The largest absolute Gasteiger partial charge is 0.497 e.